The zero-order chi connectivity index (χ0) is 15.2. The average molecular weight is 427 g/mol. The first-order valence-electron chi connectivity index (χ1n) is 7.46. The fraction of sp³-hybridized carbons (Fsp3) is 0.400. The van der Waals surface area contributed by atoms with Crippen LogP contribution in [0.3, 0.4) is 0 Å². The second-order valence-electron chi connectivity index (χ2n) is 5.14. The number of anilines is 1. The van der Waals surface area contributed by atoms with Gasteiger partial charge in [-0.1, -0.05) is 6.07 Å². The molecule has 7 nitrogen and oxygen atoms in total. The number of nitrogens with one attached hydrogen (secondary N) is 2. The molecule has 23 heavy (non-hydrogen) atoms. The van der Waals surface area contributed by atoms with Crippen molar-refractivity contribution in [2.45, 2.75) is 6.54 Å². The Kier molecular flexibility index (Phi) is 6.63. The number of aliphatic imine (C=N–C) groups is 1. The first kappa shape index (κ1) is 17.5. The number of rotatable bonds is 3. The van der Waals surface area contributed by atoms with Gasteiger partial charge in [0, 0.05) is 45.6 Å². The molecule has 1 fully saturated rings. The Hall–Kier alpha value is -1.84. The number of nitrogens with zero attached hydrogens (tertiary/aromatic N) is 5. The highest BCUT2D eigenvalue weighted by Gasteiger charge is 2.20. The molecule has 0 amide bonds. The van der Waals surface area contributed by atoms with Crippen molar-refractivity contribution >= 4 is 35.8 Å². The molecule has 2 N–H and O–H groups in total. The highest BCUT2D eigenvalue weighted by atomic mass is 127. The van der Waals surface area contributed by atoms with Gasteiger partial charge in [0.2, 0.25) is 0 Å². The summed E-state index contributed by atoms with van der Waals surface area (Å²) in [6.45, 7) is 4.45. The quantitative estimate of drug-likeness (QED) is 0.439. The predicted octanol–water partition coefficient (Wildman–Crippen LogP) is 1.32. The Morgan fingerprint density at radius 3 is 2.65 bits per heavy atom. The maximum absolute atomic E-state index is 4.41. The van der Waals surface area contributed by atoms with Crippen LogP contribution < -0.4 is 10.2 Å². The van der Waals surface area contributed by atoms with Gasteiger partial charge < -0.3 is 15.1 Å². The molecule has 1 aliphatic rings. The molecule has 0 spiro atoms. The van der Waals surface area contributed by atoms with Crippen molar-refractivity contribution in [1.29, 1.82) is 0 Å². The molecule has 0 aromatic carbocycles. The van der Waals surface area contributed by atoms with E-state index in [-0.39, 0.29) is 24.0 Å². The third-order valence-corrected chi connectivity index (χ3v) is 3.76. The minimum Gasteiger partial charge on any atom is -0.353 e. The normalized spacial score (nSPS) is 15.3. The lowest BCUT2D eigenvalue weighted by Gasteiger charge is -2.37. The first-order valence-corrected chi connectivity index (χ1v) is 7.46. The Labute approximate surface area is 153 Å². The van der Waals surface area contributed by atoms with E-state index in [4.69, 9.17) is 0 Å². The number of pyridine rings is 1. The molecule has 2 aromatic rings. The van der Waals surface area contributed by atoms with E-state index in [0.717, 1.165) is 43.7 Å². The number of halogens is 1. The fourth-order valence-electron chi connectivity index (χ4n) is 2.58. The maximum Gasteiger partial charge on any atom is 0.194 e. The van der Waals surface area contributed by atoms with Crippen LogP contribution in [0.1, 0.15) is 5.69 Å². The Morgan fingerprint density at radius 1 is 1.22 bits per heavy atom. The Balaban J connectivity index is 0.00000192. The Morgan fingerprint density at radius 2 is 2.04 bits per heavy atom. The lowest BCUT2D eigenvalue weighted by Crippen LogP contribution is -2.52. The molecule has 2 aromatic heterocycles. The van der Waals surface area contributed by atoms with E-state index in [1.807, 2.05) is 31.4 Å². The van der Waals surface area contributed by atoms with E-state index in [2.05, 4.69) is 41.4 Å². The van der Waals surface area contributed by atoms with Crippen molar-refractivity contribution in [2.24, 2.45) is 4.99 Å². The number of aromatic nitrogens is 3. The largest absolute Gasteiger partial charge is 0.353 e. The lowest BCUT2D eigenvalue weighted by molar-refractivity contribution is 0.371. The summed E-state index contributed by atoms with van der Waals surface area (Å²) in [6, 6.07) is 7.99. The van der Waals surface area contributed by atoms with E-state index in [1.54, 1.807) is 6.20 Å². The molecular formula is C15H22IN7. The molecule has 3 heterocycles. The Bertz CT molecular complexity index is 592. The van der Waals surface area contributed by atoms with Crippen molar-refractivity contribution < 1.29 is 0 Å². The van der Waals surface area contributed by atoms with Crippen LogP contribution in [0.15, 0.2) is 41.7 Å². The summed E-state index contributed by atoms with van der Waals surface area (Å²) in [5.41, 5.74) is 1.05. The van der Waals surface area contributed by atoms with Gasteiger partial charge >= 0.3 is 0 Å². The average Bonchev–Trinajstić information content (AvgIpc) is 3.10. The second-order valence-corrected chi connectivity index (χ2v) is 5.14. The molecule has 1 aliphatic heterocycles. The van der Waals surface area contributed by atoms with Crippen LogP contribution in [0.2, 0.25) is 0 Å². The molecule has 0 radical (unpaired) electrons. The van der Waals surface area contributed by atoms with Crippen molar-refractivity contribution in [2.75, 3.05) is 38.1 Å². The van der Waals surface area contributed by atoms with Gasteiger partial charge in [-0.15, -0.1) is 24.0 Å². The summed E-state index contributed by atoms with van der Waals surface area (Å²) in [4.78, 5) is 13.4. The number of hydrogen-bond donors (Lipinski definition) is 2. The molecule has 0 bridgehead atoms. The fourth-order valence-corrected chi connectivity index (χ4v) is 2.58. The molecule has 0 aliphatic carbocycles. The summed E-state index contributed by atoms with van der Waals surface area (Å²) in [7, 11) is 1.82. The minimum atomic E-state index is 0. The van der Waals surface area contributed by atoms with Gasteiger partial charge in [-0.05, 0) is 18.2 Å². The number of aromatic amines is 1. The highest BCUT2D eigenvalue weighted by Crippen LogP contribution is 2.12. The van der Waals surface area contributed by atoms with Crippen LogP contribution in [0.25, 0.3) is 0 Å². The van der Waals surface area contributed by atoms with E-state index in [0.29, 0.717) is 6.54 Å². The number of H-pyrrole nitrogens is 1. The van der Waals surface area contributed by atoms with Gasteiger partial charge in [0.25, 0.3) is 0 Å². The minimum absolute atomic E-state index is 0. The molecule has 0 unspecified atom stereocenters. The summed E-state index contributed by atoms with van der Waals surface area (Å²) in [5.74, 6) is 1.97. The third-order valence-electron chi connectivity index (χ3n) is 3.76. The van der Waals surface area contributed by atoms with Crippen LogP contribution >= 0.6 is 24.0 Å². The molecule has 3 rings (SSSR count). The highest BCUT2D eigenvalue weighted by molar-refractivity contribution is 14.0. The zero-order valence-electron chi connectivity index (χ0n) is 13.1. The summed E-state index contributed by atoms with van der Waals surface area (Å²) >= 11 is 0. The number of hydrogen-bond acceptors (Lipinski definition) is 4. The summed E-state index contributed by atoms with van der Waals surface area (Å²) in [5, 5.41) is 10.3. The smallest absolute Gasteiger partial charge is 0.194 e. The van der Waals surface area contributed by atoms with Gasteiger partial charge in [-0.3, -0.25) is 10.1 Å². The molecule has 0 atom stereocenters. The van der Waals surface area contributed by atoms with Crippen molar-refractivity contribution in [3.63, 3.8) is 0 Å². The zero-order valence-corrected chi connectivity index (χ0v) is 15.5. The summed E-state index contributed by atoms with van der Waals surface area (Å²) < 4.78 is 0. The van der Waals surface area contributed by atoms with Gasteiger partial charge in [0.1, 0.15) is 5.82 Å². The standard InChI is InChI=1S/C15H21N7.HI/c1-16-15(18-12-13-5-7-19-20-13)22-10-8-21(9-11-22)14-4-2-3-6-17-14;/h2-7H,8-12H2,1H3,(H,16,18)(H,19,20);1H. The van der Waals surface area contributed by atoms with E-state index >= 15 is 0 Å². The van der Waals surface area contributed by atoms with Crippen LogP contribution in [-0.4, -0.2) is 59.3 Å². The van der Waals surface area contributed by atoms with Crippen LogP contribution in [-0.2, 0) is 6.54 Å². The van der Waals surface area contributed by atoms with Crippen LogP contribution in [0.4, 0.5) is 5.82 Å². The van der Waals surface area contributed by atoms with Gasteiger partial charge in [-0.25, -0.2) is 4.98 Å². The number of piperazine rings is 1. The molecular weight excluding hydrogens is 405 g/mol. The molecule has 0 saturated carbocycles. The monoisotopic (exact) mass is 427 g/mol. The lowest BCUT2D eigenvalue weighted by atomic mass is 10.3. The maximum atomic E-state index is 4.41. The van der Waals surface area contributed by atoms with Gasteiger partial charge in [0.15, 0.2) is 5.96 Å². The molecule has 1 saturated heterocycles. The van der Waals surface area contributed by atoms with Gasteiger partial charge in [0.05, 0.1) is 12.2 Å². The van der Waals surface area contributed by atoms with Crippen LogP contribution in [0.5, 0.6) is 0 Å². The molecule has 8 heteroatoms. The first-order chi connectivity index (χ1) is 10.9. The predicted molar refractivity (Wildman–Crippen MR) is 102 cm³/mol. The topological polar surface area (TPSA) is 72.4 Å². The van der Waals surface area contributed by atoms with Gasteiger partial charge in [-0.2, -0.15) is 5.10 Å². The van der Waals surface area contributed by atoms with E-state index in [9.17, 15) is 0 Å². The van der Waals surface area contributed by atoms with Crippen molar-refractivity contribution in [3.05, 3.63) is 42.4 Å². The van der Waals surface area contributed by atoms with Crippen LogP contribution in [0, 0.1) is 0 Å². The van der Waals surface area contributed by atoms with E-state index < -0.39 is 0 Å². The second kappa shape index (κ2) is 8.70. The van der Waals surface area contributed by atoms with Crippen molar-refractivity contribution in [3.8, 4) is 0 Å². The SMILES string of the molecule is CN=C(NCc1ccn[nH]1)N1CCN(c2ccccn2)CC1.I. The van der Waals surface area contributed by atoms with Crippen molar-refractivity contribution in [1.82, 2.24) is 25.4 Å². The van der Waals surface area contributed by atoms with E-state index in [1.165, 1.54) is 0 Å². The molecule has 124 valence electrons. The number of guanidine groups is 1. The third kappa shape index (κ3) is 4.57. The summed E-state index contributed by atoms with van der Waals surface area (Å²) in [6.07, 6.45) is 3.60.